The van der Waals surface area contributed by atoms with Crippen LogP contribution in [-0.4, -0.2) is 42.2 Å². The van der Waals surface area contributed by atoms with Crippen molar-refractivity contribution in [1.82, 2.24) is 5.32 Å². The van der Waals surface area contributed by atoms with E-state index in [1.54, 1.807) is 17.0 Å². The van der Waals surface area contributed by atoms with Gasteiger partial charge in [0.05, 0.1) is 11.3 Å². The van der Waals surface area contributed by atoms with Crippen molar-refractivity contribution >= 4 is 35.2 Å². The summed E-state index contributed by atoms with van der Waals surface area (Å²) in [5.74, 6) is 1.85. The van der Waals surface area contributed by atoms with E-state index in [1.165, 1.54) is 31.0 Å². The van der Waals surface area contributed by atoms with Crippen LogP contribution in [0.3, 0.4) is 0 Å². The number of carbonyl (C=O) groups is 3. The Morgan fingerprint density at radius 1 is 0.944 bits per heavy atom. The lowest BCUT2D eigenvalue weighted by molar-refractivity contribution is -0.124. The Morgan fingerprint density at radius 3 is 2.36 bits per heavy atom. The van der Waals surface area contributed by atoms with E-state index in [1.807, 2.05) is 36.4 Å². The summed E-state index contributed by atoms with van der Waals surface area (Å²) in [7, 11) is 0. The lowest BCUT2D eigenvalue weighted by atomic mass is 9.53. The van der Waals surface area contributed by atoms with E-state index >= 15 is 0 Å². The summed E-state index contributed by atoms with van der Waals surface area (Å²) in [6.45, 7) is 0.291. The molecule has 0 spiro atoms. The van der Waals surface area contributed by atoms with Gasteiger partial charge in [-0.15, -0.1) is 11.8 Å². The number of anilines is 1. The zero-order valence-corrected chi connectivity index (χ0v) is 21.2. The molecule has 1 N–H and O–H groups in total. The molecule has 0 atom stereocenters. The van der Waals surface area contributed by atoms with Crippen molar-refractivity contribution in [3.63, 3.8) is 0 Å². The molecule has 2 aromatic rings. The van der Waals surface area contributed by atoms with Crippen LogP contribution in [0.4, 0.5) is 5.69 Å². The van der Waals surface area contributed by atoms with Crippen LogP contribution in [0, 0.1) is 17.8 Å². The maximum atomic E-state index is 12.9. The molecule has 4 fully saturated rings. The van der Waals surface area contributed by atoms with Crippen molar-refractivity contribution in [3.05, 3.63) is 59.7 Å². The van der Waals surface area contributed by atoms with Crippen LogP contribution < -0.4 is 10.2 Å². The van der Waals surface area contributed by atoms with Crippen molar-refractivity contribution in [2.75, 3.05) is 23.8 Å². The molecule has 188 valence electrons. The summed E-state index contributed by atoms with van der Waals surface area (Å²) in [5, 5.41) is 3.40. The second-order valence-electron chi connectivity index (χ2n) is 11.0. The number of carbonyl (C=O) groups excluding carboxylic acids is 3. The topological polar surface area (TPSA) is 75.7 Å². The largest absolute Gasteiger partial charge is 0.452 e. The van der Waals surface area contributed by atoms with Crippen molar-refractivity contribution in [3.8, 4) is 0 Å². The van der Waals surface area contributed by atoms with Crippen molar-refractivity contribution in [1.29, 1.82) is 0 Å². The zero-order valence-electron chi connectivity index (χ0n) is 20.4. The molecule has 7 rings (SSSR count). The van der Waals surface area contributed by atoms with E-state index in [2.05, 4.69) is 5.32 Å². The minimum atomic E-state index is -0.541. The molecule has 0 aromatic heterocycles. The summed E-state index contributed by atoms with van der Waals surface area (Å²) >= 11 is 1.35. The third-order valence-electron chi connectivity index (χ3n) is 8.42. The van der Waals surface area contributed by atoms with Gasteiger partial charge in [0.25, 0.3) is 5.91 Å². The molecule has 5 aliphatic rings. The maximum Gasteiger partial charge on any atom is 0.339 e. The molecule has 2 aromatic carbocycles. The minimum absolute atomic E-state index is 0.0145. The third-order valence-corrected chi connectivity index (χ3v) is 9.50. The van der Waals surface area contributed by atoms with Crippen LogP contribution in [-0.2, 0) is 20.7 Å². The maximum absolute atomic E-state index is 12.9. The molecule has 6 nitrogen and oxygen atoms in total. The first-order valence-corrected chi connectivity index (χ1v) is 14.0. The Hall–Kier alpha value is -2.80. The van der Waals surface area contributed by atoms with Crippen LogP contribution in [0.15, 0.2) is 53.4 Å². The molecule has 0 unspecified atom stereocenters. The van der Waals surface area contributed by atoms with Gasteiger partial charge < -0.3 is 15.0 Å². The monoisotopic (exact) mass is 504 g/mol. The number of nitrogens with one attached hydrogen (secondary N) is 1. The number of ether oxygens (including phenoxy) is 1. The number of rotatable bonds is 7. The van der Waals surface area contributed by atoms with E-state index in [9.17, 15) is 14.4 Å². The Bertz CT molecular complexity index is 1160. The molecule has 1 aliphatic heterocycles. The van der Waals surface area contributed by atoms with Crippen molar-refractivity contribution in [2.24, 2.45) is 17.8 Å². The molecule has 4 bridgehead atoms. The fourth-order valence-electron chi connectivity index (χ4n) is 7.38. The van der Waals surface area contributed by atoms with E-state index in [-0.39, 0.29) is 29.7 Å². The Morgan fingerprint density at radius 2 is 1.61 bits per heavy atom. The highest BCUT2D eigenvalue weighted by Crippen LogP contribution is 2.55. The number of hydrogen-bond acceptors (Lipinski definition) is 5. The highest BCUT2D eigenvalue weighted by Gasteiger charge is 2.51. The Balaban J connectivity index is 1.04. The first-order chi connectivity index (χ1) is 17.5. The quantitative estimate of drug-likeness (QED) is 0.440. The van der Waals surface area contributed by atoms with Gasteiger partial charge in [0.1, 0.15) is 0 Å². The fourth-order valence-corrected chi connectivity index (χ4v) is 8.22. The van der Waals surface area contributed by atoms with Crippen LogP contribution in [0.25, 0.3) is 0 Å². The first-order valence-electron chi connectivity index (χ1n) is 13.1. The number of esters is 1. The number of hydrogen-bond donors (Lipinski definition) is 1. The predicted octanol–water partition coefficient (Wildman–Crippen LogP) is 4.61. The average Bonchev–Trinajstić information content (AvgIpc) is 3.29. The van der Waals surface area contributed by atoms with Crippen LogP contribution in [0.1, 0.15) is 54.4 Å². The summed E-state index contributed by atoms with van der Waals surface area (Å²) in [5.41, 5.74) is 2.39. The highest BCUT2D eigenvalue weighted by molar-refractivity contribution is 8.00. The predicted molar refractivity (Wildman–Crippen MR) is 139 cm³/mol. The molecule has 0 saturated heterocycles. The van der Waals surface area contributed by atoms with E-state index < -0.39 is 5.97 Å². The van der Waals surface area contributed by atoms with Gasteiger partial charge in [-0.25, -0.2) is 4.79 Å². The zero-order chi connectivity index (χ0) is 24.7. The molecule has 1 heterocycles. The molecule has 4 saturated carbocycles. The van der Waals surface area contributed by atoms with Crippen molar-refractivity contribution in [2.45, 2.75) is 55.4 Å². The van der Waals surface area contributed by atoms with Gasteiger partial charge in [-0.05, 0) is 86.5 Å². The van der Waals surface area contributed by atoms with Gasteiger partial charge >= 0.3 is 5.97 Å². The standard InChI is InChI=1S/C29H32N2O4S/c32-26(30-29-14-19-11-20(15-29)13-21(12-19)16-29)18-36-25-8-4-2-6-23(25)28(34)35-17-27(33)31-10-9-22-5-1-3-7-24(22)31/h1-8,19-21H,9-18H2,(H,30,32). The van der Waals surface area contributed by atoms with E-state index in [0.717, 1.165) is 54.7 Å². The number of amides is 2. The molecule has 4 aliphatic carbocycles. The van der Waals surface area contributed by atoms with Crippen LogP contribution in [0.2, 0.25) is 0 Å². The second-order valence-corrected chi connectivity index (χ2v) is 12.0. The van der Waals surface area contributed by atoms with Gasteiger partial charge in [0.15, 0.2) is 6.61 Å². The number of nitrogens with zero attached hydrogens (tertiary/aromatic N) is 1. The van der Waals surface area contributed by atoms with Gasteiger partial charge in [0, 0.05) is 22.7 Å². The van der Waals surface area contributed by atoms with E-state index in [4.69, 9.17) is 4.74 Å². The first kappa shape index (κ1) is 23.6. The third kappa shape index (κ3) is 4.65. The molecule has 36 heavy (non-hydrogen) atoms. The summed E-state index contributed by atoms with van der Waals surface area (Å²) in [4.78, 5) is 40.9. The van der Waals surface area contributed by atoms with Crippen molar-refractivity contribution < 1.29 is 19.1 Å². The van der Waals surface area contributed by atoms with Gasteiger partial charge in [-0.3, -0.25) is 9.59 Å². The van der Waals surface area contributed by atoms with Crippen LogP contribution in [0.5, 0.6) is 0 Å². The molecular formula is C29H32N2O4S. The molecular weight excluding hydrogens is 472 g/mol. The Labute approximate surface area is 216 Å². The normalized spacial score (nSPS) is 27.6. The lowest BCUT2D eigenvalue weighted by Crippen LogP contribution is -2.60. The van der Waals surface area contributed by atoms with E-state index in [0.29, 0.717) is 17.0 Å². The fraction of sp³-hybridized carbons (Fsp3) is 0.483. The van der Waals surface area contributed by atoms with Gasteiger partial charge in [-0.1, -0.05) is 30.3 Å². The number of fused-ring (bicyclic) bond motifs is 1. The summed E-state index contributed by atoms with van der Waals surface area (Å²) in [6, 6.07) is 14.9. The number of benzene rings is 2. The summed E-state index contributed by atoms with van der Waals surface area (Å²) < 4.78 is 5.41. The average molecular weight is 505 g/mol. The number of thioether (sulfide) groups is 1. The molecule has 2 amide bonds. The molecule has 0 radical (unpaired) electrons. The second kappa shape index (κ2) is 9.58. The number of para-hydroxylation sites is 1. The lowest BCUT2D eigenvalue weighted by Gasteiger charge is -2.56. The minimum Gasteiger partial charge on any atom is -0.452 e. The Kier molecular flexibility index (Phi) is 6.28. The SMILES string of the molecule is O=C(CSc1ccccc1C(=O)OCC(=O)N1CCc2ccccc21)NC12CC3CC(CC(C3)C1)C2. The summed E-state index contributed by atoms with van der Waals surface area (Å²) in [6.07, 6.45) is 8.18. The smallest absolute Gasteiger partial charge is 0.339 e. The van der Waals surface area contributed by atoms with Gasteiger partial charge in [0.2, 0.25) is 5.91 Å². The van der Waals surface area contributed by atoms with Crippen LogP contribution >= 0.6 is 11.8 Å². The molecule has 7 heteroatoms. The van der Waals surface area contributed by atoms with Gasteiger partial charge in [-0.2, -0.15) is 0 Å². The highest BCUT2D eigenvalue weighted by atomic mass is 32.2.